The highest BCUT2D eigenvalue weighted by Gasteiger charge is 2.17. The third kappa shape index (κ3) is 5.05. The van der Waals surface area contributed by atoms with Crippen molar-refractivity contribution < 1.29 is 9.53 Å². The van der Waals surface area contributed by atoms with Crippen molar-refractivity contribution in [3.8, 4) is 17.7 Å². The molecule has 0 saturated carbocycles. The summed E-state index contributed by atoms with van der Waals surface area (Å²) in [5.74, 6) is -0.170. The van der Waals surface area contributed by atoms with Gasteiger partial charge in [-0.1, -0.05) is 47.1 Å². The number of nitrogens with zero attached hydrogens (tertiary/aromatic N) is 3. The molecule has 8 heteroatoms. The molecule has 4 aromatic rings. The van der Waals surface area contributed by atoms with E-state index in [2.05, 4.69) is 26.2 Å². The van der Waals surface area contributed by atoms with Crippen LogP contribution >= 0.6 is 15.9 Å². The standard InChI is InChI=1S/C26H19BrN4O3/c1-2-17-9-11-21(12-10-17)34-25-22(26(33)31-13-4-3-8-23(31)30-25)14-18(16-28)24(32)29-20-7-5-6-19(27)15-20/h3-15H,2H2,1H3,(H,29,32)/b18-14-. The zero-order valence-electron chi connectivity index (χ0n) is 18.2. The summed E-state index contributed by atoms with van der Waals surface area (Å²) in [6.07, 6.45) is 3.65. The van der Waals surface area contributed by atoms with E-state index in [1.807, 2.05) is 31.2 Å². The van der Waals surface area contributed by atoms with E-state index in [0.717, 1.165) is 16.5 Å². The molecule has 0 saturated heterocycles. The highest BCUT2D eigenvalue weighted by Crippen LogP contribution is 2.25. The fraction of sp³-hybridized carbons (Fsp3) is 0.0769. The minimum Gasteiger partial charge on any atom is -0.438 e. The molecular formula is C26H19BrN4O3. The molecule has 0 spiro atoms. The van der Waals surface area contributed by atoms with Gasteiger partial charge in [0.2, 0.25) is 5.88 Å². The molecule has 0 radical (unpaired) electrons. The number of benzene rings is 2. The molecule has 0 atom stereocenters. The van der Waals surface area contributed by atoms with Crippen LogP contribution in [0.3, 0.4) is 0 Å². The summed E-state index contributed by atoms with van der Waals surface area (Å²) in [5.41, 5.74) is 1.28. The smallest absolute Gasteiger partial charge is 0.269 e. The number of aromatic nitrogens is 2. The molecule has 0 aliphatic rings. The summed E-state index contributed by atoms with van der Waals surface area (Å²) in [4.78, 5) is 30.5. The second-order valence-electron chi connectivity index (χ2n) is 7.30. The topological polar surface area (TPSA) is 96.5 Å². The first-order chi connectivity index (χ1) is 16.5. The minimum absolute atomic E-state index is 0.00320. The molecular weight excluding hydrogens is 496 g/mol. The van der Waals surface area contributed by atoms with Crippen molar-refractivity contribution in [1.29, 1.82) is 5.26 Å². The molecule has 0 aliphatic carbocycles. The largest absolute Gasteiger partial charge is 0.438 e. The van der Waals surface area contributed by atoms with Gasteiger partial charge in [-0.15, -0.1) is 0 Å². The Kier molecular flexibility index (Phi) is 6.85. The zero-order chi connectivity index (χ0) is 24.1. The normalized spacial score (nSPS) is 11.1. The Hall–Kier alpha value is -4.22. The molecule has 2 aromatic heterocycles. The maximum absolute atomic E-state index is 13.3. The molecule has 0 aliphatic heterocycles. The number of aryl methyl sites for hydroxylation is 1. The number of carbonyl (C=O) groups is 1. The van der Waals surface area contributed by atoms with Crippen LogP contribution in [0.15, 0.2) is 87.8 Å². The molecule has 0 unspecified atom stereocenters. The summed E-state index contributed by atoms with van der Waals surface area (Å²) in [6.45, 7) is 2.05. The van der Waals surface area contributed by atoms with Gasteiger partial charge in [0, 0.05) is 16.4 Å². The molecule has 0 fully saturated rings. The van der Waals surface area contributed by atoms with Gasteiger partial charge in [-0.2, -0.15) is 10.2 Å². The number of carbonyl (C=O) groups excluding carboxylic acids is 1. The first kappa shape index (κ1) is 23.0. The number of nitriles is 1. The molecule has 1 amide bonds. The lowest BCUT2D eigenvalue weighted by Gasteiger charge is -2.11. The first-order valence-electron chi connectivity index (χ1n) is 10.5. The number of fused-ring (bicyclic) bond motifs is 1. The van der Waals surface area contributed by atoms with Gasteiger partial charge in [-0.05, 0) is 60.5 Å². The van der Waals surface area contributed by atoms with Crippen molar-refractivity contribution in [3.05, 3.63) is 104 Å². The third-order valence-corrected chi connectivity index (χ3v) is 5.51. The number of halogens is 1. The number of rotatable bonds is 6. The molecule has 2 aromatic carbocycles. The molecule has 2 heterocycles. The minimum atomic E-state index is -0.656. The van der Waals surface area contributed by atoms with E-state index in [4.69, 9.17) is 4.74 Å². The fourth-order valence-electron chi connectivity index (χ4n) is 3.25. The van der Waals surface area contributed by atoms with Gasteiger partial charge in [-0.25, -0.2) is 0 Å². The summed E-state index contributed by atoms with van der Waals surface area (Å²) >= 11 is 3.34. The second-order valence-corrected chi connectivity index (χ2v) is 8.21. The van der Waals surface area contributed by atoms with E-state index in [1.54, 1.807) is 54.7 Å². The van der Waals surface area contributed by atoms with Crippen LogP contribution in [0.2, 0.25) is 0 Å². The van der Waals surface area contributed by atoms with Gasteiger partial charge < -0.3 is 10.1 Å². The van der Waals surface area contributed by atoms with Crippen LogP contribution in [0.1, 0.15) is 18.1 Å². The van der Waals surface area contributed by atoms with Crippen molar-refractivity contribution in [3.63, 3.8) is 0 Å². The molecule has 168 valence electrons. The van der Waals surface area contributed by atoms with Crippen LogP contribution in [0.25, 0.3) is 11.7 Å². The monoisotopic (exact) mass is 514 g/mol. The Morgan fingerprint density at radius 3 is 2.68 bits per heavy atom. The van der Waals surface area contributed by atoms with Crippen LogP contribution in [0, 0.1) is 11.3 Å². The van der Waals surface area contributed by atoms with Crippen LogP contribution in [-0.4, -0.2) is 15.3 Å². The number of amides is 1. The van der Waals surface area contributed by atoms with E-state index in [0.29, 0.717) is 17.1 Å². The SMILES string of the molecule is CCc1ccc(Oc2nc3ccccn3c(=O)c2/C=C(/C#N)C(=O)Nc2cccc(Br)c2)cc1. The second kappa shape index (κ2) is 10.1. The van der Waals surface area contributed by atoms with Gasteiger partial charge in [0.1, 0.15) is 28.6 Å². The van der Waals surface area contributed by atoms with Crippen LogP contribution in [-0.2, 0) is 11.2 Å². The van der Waals surface area contributed by atoms with Gasteiger partial charge in [0.05, 0.1) is 0 Å². The predicted molar refractivity (Wildman–Crippen MR) is 134 cm³/mol. The first-order valence-corrected chi connectivity index (χ1v) is 11.2. The quantitative estimate of drug-likeness (QED) is 0.276. The number of hydrogen-bond donors (Lipinski definition) is 1. The van der Waals surface area contributed by atoms with Gasteiger partial charge in [0.15, 0.2) is 0 Å². The summed E-state index contributed by atoms with van der Waals surface area (Å²) in [7, 11) is 0. The van der Waals surface area contributed by atoms with Gasteiger partial charge in [-0.3, -0.25) is 14.0 Å². The van der Waals surface area contributed by atoms with Crippen molar-refractivity contribution in [1.82, 2.24) is 9.38 Å². The average molecular weight is 515 g/mol. The lowest BCUT2D eigenvalue weighted by Crippen LogP contribution is -2.20. The number of ether oxygens (including phenoxy) is 1. The van der Waals surface area contributed by atoms with Crippen molar-refractivity contribution in [2.45, 2.75) is 13.3 Å². The van der Waals surface area contributed by atoms with E-state index < -0.39 is 11.5 Å². The highest BCUT2D eigenvalue weighted by atomic mass is 79.9. The highest BCUT2D eigenvalue weighted by molar-refractivity contribution is 9.10. The number of pyridine rings is 1. The number of anilines is 1. The van der Waals surface area contributed by atoms with Gasteiger partial charge >= 0.3 is 0 Å². The summed E-state index contributed by atoms with van der Waals surface area (Å²) < 4.78 is 8.05. The molecule has 4 rings (SSSR count). The van der Waals surface area contributed by atoms with E-state index in [9.17, 15) is 14.9 Å². The maximum Gasteiger partial charge on any atom is 0.269 e. The molecule has 7 nitrogen and oxygen atoms in total. The van der Waals surface area contributed by atoms with Crippen LogP contribution in [0.5, 0.6) is 11.6 Å². The number of hydrogen-bond acceptors (Lipinski definition) is 5. The van der Waals surface area contributed by atoms with Crippen molar-refractivity contribution >= 4 is 39.2 Å². The lowest BCUT2D eigenvalue weighted by atomic mass is 10.1. The Balaban J connectivity index is 1.78. The predicted octanol–water partition coefficient (Wildman–Crippen LogP) is 5.36. The average Bonchev–Trinajstić information content (AvgIpc) is 2.84. The molecule has 1 N–H and O–H groups in total. The fourth-order valence-corrected chi connectivity index (χ4v) is 3.65. The van der Waals surface area contributed by atoms with Crippen LogP contribution in [0.4, 0.5) is 5.69 Å². The van der Waals surface area contributed by atoms with Gasteiger partial charge in [0.25, 0.3) is 11.5 Å². The maximum atomic E-state index is 13.3. The van der Waals surface area contributed by atoms with E-state index in [-0.39, 0.29) is 17.0 Å². The zero-order valence-corrected chi connectivity index (χ0v) is 19.7. The van der Waals surface area contributed by atoms with Crippen LogP contribution < -0.4 is 15.6 Å². The molecule has 0 bridgehead atoms. The van der Waals surface area contributed by atoms with E-state index in [1.165, 1.54) is 10.5 Å². The summed E-state index contributed by atoms with van der Waals surface area (Å²) in [6, 6.07) is 21.4. The Morgan fingerprint density at radius 2 is 1.97 bits per heavy atom. The Morgan fingerprint density at radius 1 is 1.18 bits per heavy atom. The number of nitrogens with one attached hydrogen (secondary N) is 1. The van der Waals surface area contributed by atoms with Crippen molar-refractivity contribution in [2.75, 3.05) is 5.32 Å². The van der Waals surface area contributed by atoms with Crippen molar-refractivity contribution in [2.24, 2.45) is 0 Å². The molecule has 34 heavy (non-hydrogen) atoms. The lowest BCUT2D eigenvalue weighted by molar-refractivity contribution is -0.112. The Bertz CT molecular complexity index is 1500. The summed E-state index contributed by atoms with van der Waals surface area (Å²) in [5, 5.41) is 12.3. The van der Waals surface area contributed by atoms with E-state index >= 15 is 0 Å². The third-order valence-electron chi connectivity index (χ3n) is 5.02. The Labute approximate surface area is 204 Å².